The van der Waals surface area contributed by atoms with Crippen molar-refractivity contribution in [3.8, 4) is 28.5 Å². The molecule has 3 heterocycles. The molecule has 1 atom stereocenters. The third-order valence-electron chi connectivity index (χ3n) is 6.07. The number of ether oxygens (including phenoxy) is 3. The van der Waals surface area contributed by atoms with Crippen molar-refractivity contribution in [1.29, 1.82) is 0 Å². The van der Waals surface area contributed by atoms with Crippen LogP contribution in [-0.4, -0.2) is 54.8 Å². The van der Waals surface area contributed by atoms with Gasteiger partial charge >= 0.3 is 6.61 Å². The number of hydrogen-bond acceptors (Lipinski definition) is 6. The summed E-state index contributed by atoms with van der Waals surface area (Å²) in [7, 11) is 1.39. The molecule has 8 nitrogen and oxygen atoms in total. The maximum atomic E-state index is 13.2. The predicted molar refractivity (Wildman–Crippen MR) is 121 cm³/mol. The lowest BCUT2D eigenvalue weighted by molar-refractivity contribution is -0.0502. The number of aromatic nitrogens is 2. The number of methoxy groups -OCH3 is 1. The first-order chi connectivity index (χ1) is 16.5. The maximum Gasteiger partial charge on any atom is 0.387 e. The van der Waals surface area contributed by atoms with Gasteiger partial charge in [-0.05, 0) is 44.0 Å². The third-order valence-corrected chi connectivity index (χ3v) is 6.07. The van der Waals surface area contributed by atoms with Gasteiger partial charge in [0, 0.05) is 36.3 Å². The molecule has 2 aliphatic rings. The zero-order chi connectivity index (χ0) is 23.7. The third kappa shape index (κ3) is 4.77. The van der Waals surface area contributed by atoms with Gasteiger partial charge in [0.2, 0.25) is 0 Å². The van der Waals surface area contributed by atoms with Gasteiger partial charge in [-0.2, -0.15) is 8.78 Å². The number of fused-ring (bicyclic) bond motifs is 1. The van der Waals surface area contributed by atoms with Crippen LogP contribution in [-0.2, 0) is 0 Å². The van der Waals surface area contributed by atoms with Crippen molar-refractivity contribution in [3.05, 3.63) is 42.2 Å². The molecule has 5 rings (SSSR count). The molecule has 1 aliphatic carbocycles. The molecule has 2 N–H and O–H groups in total. The Kier molecular flexibility index (Phi) is 6.23. The number of nitrogens with one attached hydrogen (secondary N) is 2. The van der Waals surface area contributed by atoms with Gasteiger partial charge in [0.1, 0.15) is 28.5 Å². The highest BCUT2D eigenvalue weighted by molar-refractivity contribution is 6.01. The average molecular weight is 472 g/mol. The van der Waals surface area contributed by atoms with Crippen molar-refractivity contribution in [3.63, 3.8) is 0 Å². The summed E-state index contributed by atoms with van der Waals surface area (Å²) in [6.45, 7) is -0.496. The normalized spacial score (nSPS) is 17.8. The quantitative estimate of drug-likeness (QED) is 0.496. The molecule has 3 aromatic rings. The summed E-state index contributed by atoms with van der Waals surface area (Å²) in [6, 6.07) is 6.76. The number of nitrogens with zero attached hydrogens (tertiary/aromatic N) is 2. The van der Waals surface area contributed by atoms with Crippen LogP contribution in [0.1, 0.15) is 29.6 Å². The number of hydrogen-bond donors (Lipinski definition) is 2. The highest BCUT2D eigenvalue weighted by Crippen LogP contribution is 2.37. The molecule has 180 valence electrons. The number of rotatable bonds is 9. The monoisotopic (exact) mass is 472 g/mol. The zero-order valence-corrected chi connectivity index (χ0v) is 18.7. The second kappa shape index (κ2) is 9.46. The van der Waals surface area contributed by atoms with E-state index in [1.165, 1.54) is 13.2 Å². The van der Waals surface area contributed by atoms with Crippen molar-refractivity contribution >= 4 is 11.6 Å². The van der Waals surface area contributed by atoms with Crippen molar-refractivity contribution < 1.29 is 27.8 Å². The first-order valence-electron chi connectivity index (χ1n) is 11.3. The smallest absolute Gasteiger partial charge is 0.387 e. The van der Waals surface area contributed by atoms with Crippen LogP contribution in [0.5, 0.6) is 17.2 Å². The van der Waals surface area contributed by atoms with Crippen molar-refractivity contribution in [2.75, 3.05) is 26.8 Å². The van der Waals surface area contributed by atoms with E-state index < -0.39 is 12.5 Å². The Hall–Kier alpha value is -3.40. The van der Waals surface area contributed by atoms with Crippen LogP contribution in [0.25, 0.3) is 16.9 Å². The molecule has 0 spiro atoms. The minimum absolute atomic E-state index is 0.0515. The molecule has 1 saturated carbocycles. The Morgan fingerprint density at radius 2 is 2.09 bits per heavy atom. The first kappa shape index (κ1) is 22.4. The lowest BCUT2D eigenvalue weighted by atomic mass is 10.1. The van der Waals surface area contributed by atoms with Gasteiger partial charge in [-0.1, -0.05) is 0 Å². The fourth-order valence-electron chi connectivity index (χ4n) is 4.13. The topological polar surface area (TPSA) is 86.1 Å². The van der Waals surface area contributed by atoms with E-state index in [-0.39, 0.29) is 23.1 Å². The van der Waals surface area contributed by atoms with E-state index in [0.717, 1.165) is 32.4 Å². The fourth-order valence-corrected chi connectivity index (χ4v) is 4.13. The van der Waals surface area contributed by atoms with Crippen molar-refractivity contribution in [2.24, 2.45) is 5.92 Å². The highest BCUT2D eigenvalue weighted by atomic mass is 19.3. The van der Waals surface area contributed by atoms with Gasteiger partial charge in [-0.25, -0.2) is 4.98 Å². The standard InChI is InChI=1S/C24H26F2N4O4/c1-32-19-8-15(9-20(34-24(25)26)22(19)23(31)29-16-2-3-16)18-12-28-21-10-17(5-7-30(18)21)33-13-14-4-6-27-11-14/h5,7-10,12,14,16,24,27H,2-4,6,11,13H2,1H3,(H,29,31)/t14-/m1/s1. The van der Waals surface area contributed by atoms with E-state index in [9.17, 15) is 13.6 Å². The van der Waals surface area contributed by atoms with E-state index >= 15 is 0 Å². The van der Waals surface area contributed by atoms with E-state index in [0.29, 0.717) is 35.2 Å². The minimum Gasteiger partial charge on any atom is -0.496 e. The Bertz CT molecular complexity index is 1190. The number of carbonyl (C=O) groups is 1. The largest absolute Gasteiger partial charge is 0.496 e. The number of amides is 1. The molecule has 34 heavy (non-hydrogen) atoms. The van der Waals surface area contributed by atoms with Crippen molar-refractivity contribution in [1.82, 2.24) is 20.0 Å². The van der Waals surface area contributed by atoms with Gasteiger partial charge in [0.05, 0.1) is 25.6 Å². The van der Waals surface area contributed by atoms with E-state index in [2.05, 4.69) is 15.6 Å². The van der Waals surface area contributed by atoms with Gasteiger partial charge < -0.3 is 24.8 Å². The van der Waals surface area contributed by atoms with Gasteiger partial charge in [-0.3, -0.25) is 9.20 Å². The van der Waals surface area contributed by atoms with Gasteiger partial charge in [0.25, 0.3) is 5.91 Å². The highest BCUT2D eigenvalue weighted by Gasteiger charge is 2.29. The molecule has 0 bridgehead atoms. The summed E-state index contributed by atoms with van der Waals surface area (Å²) in [6.07, 6.45) is 6.26. The molecule has 1 aromatic carbocycles. The number of benzene rings is 1. The van der Waals surface area contributed by atoms with Crippen LogP contribution in [0.15, 0.2) is 36.7 Å². The molecule has 0 radical (unpaired) electrons. The zero-order valence-electron chi connectivity index (χ0n) is 18.7. The molecule has 1 aliphatic heterocycles. The van der Waals surface area contributed by atoms with Crippen LogP contribution in [0.2, 0.25) is 0 Å². The van der Waals surface area contributed by atoms with E-state index in [4.69, 9.17) is 14.2 Å². The Labute approximate surface area is 195 Å². The van der Waals surface area contributed by atoms with Gasteiger partial charge in [0.15, 0.2) is 0 Å². The Morgan fingerprint density at radius 1 is 1.26 bits per heavy atom. The van der Waals surface area contributed by atoms with Crippen LogP contribution >= 0.6 is 0 Å². The molecule has 0 unspecified atom stereocenters. The average Bonchev–Trinajstić information content (AvgIpc) is 3.30. The summed E-state index contributed by atoms with van der Waals surface area (Å²) >= 11 is 0. The van der Waals surface area contributed by atoms with Crippen molar-refractivity contribution in [2.45, 2.75) is 31.9 Å². The second-order valence-electron chi connectivity index (χ2n) is 8.58. The molecular formula is C24H26F2N4O4. The minimum atomic E-state index is -3.09. The summed E-state index contributed by atoms with van der Waals surface area (Å²) in [4.78, 5) is 17.2. The van der Waals surface area contributed by atoms with E-state index in [1.54, 1.807) is 12.3 Å². The summed E-state index contributed by atoms with van der Waals surface area (Å²) < 4.78 is 44.3. The van der Waals surface area contributed by atoms with Crippen LogP contribution < -0.4 is 24.8 Å². The van der Waals surface area contributed by atoms with Crippen LogP contribution in [0, 0.1) is 5.92 Å². The number of alkyl halides is 2. The van der Waals surface area contributed by atoms with E-state index in [1.807, 2.05) is 22.7 Å². The summed E-state index contributed by atoms with van der Waals surface area (Å²) in [5.74, 6) is 0.596. The maximum absolute atomic E-state index is 13.2. The Morgan fingerprint density at radius 3 is 2.79 bits per heavy atom. The number of carbonyl (C=O) groups excluding carboxylic acids is 1. The molecule has 10 heteroatoms. The lowest BCUT2D eigenvalue weighted by Crippen LogP contribution is -2.26. The number of imidazole rings is 1. The number of pyridine rings is 1. The first-order valence-corrected chi connectivity index (χ1v) is 11.3. The molecule has 2 aromatic heterocycles. The second-order valence-corrected chi connectivity index (χ2v) is 8.58. The summed E-state index contributed by atoms with van der Waals surface area (Å²) in [5.41, 5.74) is 1.74. The van der Waals surface area contributed by atoms with Crippen LogP contribution in [0.4, 0.5) is 8.78 Å². The predicted octanol–water partition coefficient (Wildman–Crippen LogP) is 3.49. The molecule has 2 fully saturated rings. The summed E-state index contributed by atoms with van der Waals surface area (Å²) in [5, 5.41) is 6.12. The Balaban J connectivity index is 1.46. The lowest BCUT2D eigenvalue weighted by Gasteiger charge is -2.16. The SMILES string of the molecule is COc1cc(-c2cnc3cc(OC[C@@H]4CCNC4)ccn23)cc(OC(F)F)c1C(=O)NC1CC1. The van der Waals surface area contributed by atoms with Gasteiger partial charge in [-0.15, -0.1) is 0 Å². The number of halogens is 2. The molecule has 1 saturated heterocycles. The molecule has 1 amide bonds. The van der Waals surface area contributed by atoms with Crippen LogP contribution in [0.3, 0.4) is 0 Å². The fraction of sp³-hybridized carbons (Fsp3) is 0.417. The molecular weight excluding hydrogens is 446 g/mol.